The van der Waals surface area contributed by atoms with Gasteiger partial charge in [0.25, 0.3) is 0 Å². The average Bonchev–Trinajstić information content (AvgIpc) is 2.95. The van der Waals surface area contributed by atoms with E-state index in [2.05, 4.69) is 36.6 Å². The van der Waals surface area contributed by atoms with Crippen LogP contribution in [-0.2, 0) is 0 Å². The van der Waals surface area contributed by atoms with Gasteiger partial charge in [0.1, 0.15) is 0 Å². The molecule has 0 saturated heterocycles. The first kappa shape index (κ1) is 14.9. The van der Waals surface area contributed by atoms with Crippen molar-refractivity contribution < 1.29 is 0 Å². The number of hydrogen-bond acceptors (Lipinski definition) is 3. The molecule has 1 aliphatic carbocycles. The molecule has 1 fully saturated rings. The average molecular weight is 278 g/mol. The van der Waals surface area contributed by atoms with Crippen LogP contribution >= 0.6 is 11.8 Å². The van der Waals surface area contributed by atoms with Crippen molar-refractivity contribution in [3.05, 3.63) is 29.8 Å². The molecular formula is C16H26N2S. The van der Waals surface area contributed by atoms with Crippen molar-refractivity contribution >= 4 is 11.8 Å². The molecule has 2 nitrogen and oxygen atoms in total. The third kappa shape index (κ3) is 4.51. The number of benzene rings is 1. The summed E-state index contributed by atoms with van der Waals surface area (Å²) in [4.78, 5) is 1.35. The lowest BCUT2D eigenvalue weighted by atomic mass is 9.95. The number of nitrogens with one attached hydrogen (secondary N) is 1. The monoisotopic (exact) mass is 278 g/mol. The van der Waals surface area contributed by atoms with Crippen molar-refractivity contribution in [2.24, 2.45) is 11.8 Å². The van der Waals surface area contributed by atoms with Gasteiger partial charge in [-0.2, -0.15) is 0 Å². The molecular weight excluding hydrogens is 252 g/mol. The first-order chi connectivity index (χ1) is 9.33. The minimum Gasteiger partial charge on any atom is -0.271 e. The van der Waals surface area contributed by atoms with Gasteiger partial charge >= 0.3 is 0 Å². The Morgan fingerprint density at radius 3 is 2.53 bits per heavy atom. The fourth-order valence-electron chi connectivity index (χ4n) is 3.01. The highest BCUT2D eigenvalue weighted by atomic mass is 32.2. The van der Waals surface area contributed by atoms with Crippen LogP contribution in [0.15, 0.2) is 29.2 Å². The van der Waals surface area contributed by atoms with Crippen LogP contribution in [0.25, 0.3) is 0 Å². The summed E-state index contributed by atoms with van der Waals surface area (Å²) in [5, 5.41) is 0. The Balaban J connectivity index is 1.88. The van der Waals surface area contributed by atoms with Gasteiger partial charge in [0.15, 0.2) is 0 Å². The fraction of sp³-hybridized carbons (Fsp3) is 0.625. The zero-order valence-electron chi connectivity index (χ0n) is 11.9. The maximum Gasteiger partial charge on any atom is 0.0460 e. The largest absolute Gasteiger partial charge is 0.271 e. The van der Waals surface area contributed by atoms with E-state index in [1.807, 2.05) is 11.8 Å². The molecule has 106 valence electrons. The highest BCUT2D eigenvalue weighted by molar-refractivity contribution is 7.99. The molecule has 0 spiro atoms. The van der Waals surface area contributed by atoms with Crippen LogP contribution in [0.3, 0.4) is 0 Å². The molecule has 0 heterocycles. The smallest absolute Gasteiger partial charge is 0.0460 e. The van der Waals surface area contributed by atoms with E-state index >= 15 is 0 Å². The van der Waals surface area contributed by atoms with Crippen LogP contribution in [0.1, 0.15) is 57.1 Å². The zero-order chi connectivity index (χ0) is 13.5. The first-order valence-electron chi connectivity index (χ1n) is 7.52. The molecule has 3 heteroatoms. The zero-order valence-corrected chi connectivity index (χ0v) is 12.7. The molecule has 2 rings (SSSR count). The molecule has 0 aliphatic heterocycles. The number of rotatable bonds is 7. The van der Waals surface area contributed by atoms with Crippen molar-refractivity contribution in [2.45, 2.75) is 56.4 Å². The second kappa shape index (κ2) is 7.93. The van der Waals surface area contributed by atoms with E-state index in [1.165, 1.54) is 42.6 Å². The summed E-state index contributed by atoms with van der Waals surface area (Å²) in [6.45, 7) is 2.18. The quantitative estimate of drug-likeness (QED) is 0.444. The van der Waals surface area contributed by atoms with E-state index in [-0.39, 0.29) is 0 Å². The summed E-state index contributed by atoms with van der Waals surface area (Å²) in [6, 6.07) is 9.17. The molecule has 1 aromatic rings. The summed E-state index contributed by atoms with van der Waals surface area (Å²) >= 11 is 1.89. The van der Waals surface area contributed by atoms with Gasteiger partial charge in [-0.25, -0.2) is 0 Å². The summed E-state index contributed by atoms with van der Waals surface area (Å²) in [5.41, 5.74) is 4.31. The first-order valence-corrected chi connectivity index (χ1v) is 8.51. The molecule has 1 atom stereocenters. The third-order valence-corrected chi connectivity index (χ3v) is 5.03. The molecule has 0 aromatic heterocycles. The molecule has 1 unspecified atom stereocenters. The standard InChI is InChI=1S/C16H26N2S/c1-2-19-15-10-8-14(9-11-15)16(18-17)12-7-13-5-3-4-6-13/h8-11,13,16,18H,2-7,12,17H2,1H3. The Hall–Kier alpha value is -0.510. The Morgan fingerprint density at radius 1 is 1.26 bits per heavy atom. The van der Waals surface area contributed by atoms with E-state index in [1.54, 1.807) is 0 Å². The topological polar surface area (TPSA) is 38.0 Å². The van der Waals surface area contributed by atoms with Crippen molar-refractivity contribution in [3.8, 4) is 0 Å². The van der Waals surface area contributed by atoms with Crippen molar-refractivity contribution in [3.63, 3.8) is 0 Å². The molecule has 0 amide bonds. The van der Waals surface area contributed by atoms with Crippen molar-refractivity contribution in [1.29, 1.82) is 0 Å². The van der Waals surface area contributed by atoms with Gasteiger partial charge < -0.3 is 0 Å². The molecule has 0 bridgehead atoms. The Labute approximate surface area is 121 Å². The van der Waals surface area contributed by atoms with E-state index in [0.29, 0.717) is 6.04 Å². The highest BCUT2D eigenvalue weighted by Gasteiger charge is 2.17. The van der Waals surface area contributed by atoms with Gasteiger partial charge in [-0.1, -0.05) is 44.7 Å². The molecule has 1 saturated carbocycles. The molecule has 0 radical (unpaired) electrons. The van der Waals surface area contributed by atoms with Gasteiger partial charge in [-0.15, -0.1) is 11.8 Å². The lowest BCUT2D eigenvalue weighted by Crippen LogP contribution is -2.28. The summed E-state index contributed by atoms with van der Waals surface area (Å²) < 4.78 is 0. The fourth-order valence-corrected chi connectivity index (χ4v) is 3.67. The van der Waals surface area contributed by atoms with Gasteiger partial charge in [-0.3, -0.25) is 11.3 Å². The SMILES string of the molecule is CCSc1ccc(C(CCC2CCCC2)NN)cc1. The minimum atomic E-state index is 0.307. The van der Waals surface area contributed by atoms with Gasteiger partial charge in [-0.05, 0) is 42.2 Å². The van der Waals surface area contributed by atoms with E-state index < -0.39 is 0 Å². The second-order valence-electron chi connectivity index (χ2n) is 5.45. The molecule has 19 heavy (non-hydrogen) atoms. The maximum absolute atomic E-state index is 5.73. The Kier molecular flexibility index (Phi) is 6.21. The van der Waals surface area contributed by atoms with Gasteiger partial charge in [0.05, 0.1) is 0 Å². The summed E-state index contributed by atoms with van der Waals surface area (Å²) in [7, 11) is 0. The summed E-state index contributed by atoms with van der Waals surface area (Å²) in [5.74, 6) is 7.79. The van der Waals surface area contributed by atoms with Crippen molar-refractivity contribution in [2.75, 3.05) is 5.75 Å². The van der Waals surface area contributed by atoms with Crippen LogP contribution in [0, 0.1) is 5.92 Å². The van der Waals surface area contributed by atoms with E-state index in [4.69, 9.17) is 5.84 Å². The van der Waals surface area contributed by atoms with Crippen LogP contribution in [0.2, 0.25) is 0 Å². The van der Waals surface area contributed by atoms with Crippen LogP contribution in [0.4, 0.5) is 0 Å². The highest BCUT2D eigenvalue weighted by Crippen LogP contribution is 2.31. The number of nitrogens with two attached hydrogens (primary N) is 1. The minimum absolute atomic E-state index is 0.307. The molecule has 1 aromatic carbocycles. The Morgan fingerprint density at radius 2 is 1.95 bits per heavy atom. The van der Waals surface area contributed by atoms with Gasteiger partial charge in [0, 0.05) is 10.9 Å². The second-order valence-corrected chi connectivity index (χ2v) is 6.79. The number of hydrogen-bond donors (Lipinski definition) is 2. The normalized spacial score (nSPS) is 17.8. The summed E-state index contributed by atoms with van der Waals surface area (Å²) in [6.07, 6.45) is 8.15. The molecule has 3 N–H and O–H groups in total. The van der Waals surface area contributed by atoms with E-state index in [0.717, 1.165) is 18.1 Å². The van der Waals surface area contributed by atoms with Crippen molar-refractivity contribution in [1.82, 2.24) is 5.43 Å². The van der Waals surface area contributed by atoms with Crippen LogP contribution in [0.5, 0.6) is 0 Å². The number of thioether (sulfide) groups is 1. The van der Waals surface area contributed by atoms with Crippen LogP contribution < -0.4 is 11.3 Å². The van der Waals surface area contributed by atoms with Gasteiger partial charge in [0.2, 0.25) is 0 Å². The predicted octanol–water partition coefficient (Wildman–Crippen LogP) is 4.27. The number of hydrazine groups is 1. The lowest BCUT2D eigenvalue weighted by molar-refractivity contribution is 0.416. The maximum atomic E-state index is 5.73. The van der Waals surface area contributed by atoms with Crippen LogP contribution in [-0.4, -0.2) is 5.75 Å². The third-order valence-electron chi connectivity index (χ3n) is 4.13. The Bertz CT molecular complexity index is 358. The predicted molar refractivity (Wildman–Crippen MR) is 84.1 cm³/mol. The van der Waals surface area contributed by atoms with E-state index in [9.17, 15) is 0 Å². The lowest BCUT2D eigenvalue weighted by Gasteiger charge is -2.18. The molecule has 1 aliphatic rings.